The van der Waals surface area contributed by atoms with E-state index in [-0.39, 0.29) is 5.91 Å². The summed E-state index contributed by atoms with van der Waals surface area (Å²) in [5.74, 6) is 1.06. The van der Waals surface area contributed by atoms with E-state index in [1.54, 1.807) is 25.6 Å². The Bertz CT molecular complexity index is 1230. The number of fused-ring (bicyclic) bond motifs is 1. The average molecular weight is 496 g/mol. The Hall–Kier alpha value is -3.23. The van der Waals surface area contributed by atoms with Gasteiger partial charge in [-0.3, -0.25) is 9.78 Å². The van der Waals surface area contributed by atoms with Gasteiger partial charge in [0.15, 0.2) is 5.75 Å². The van der Waals surface area contributed by atoms with Gasteiger partial charge in [0.2, 0.25) is 0 Å². The van der Waals surface area contributed by atoms with E-state index in [0.717, 1.165) is 29.9 Å². The van der Waals surface area contributed by atoms with Gasteiger partial charge in [-0.1, -0.05) is 24.1 Å². The van der Waals surface area contributed by atoms with Crippen LogP contribution in [0.1, 0.15) is 35.3 Å². The number of pyridine rings is 1. The number of carbonyl (C=O) groups is 1. The van der Waals surface area contributed by atoms with Gasteiger partial charge in [-0.2, -0.15) is 0 Å². The number of likely N-dealkylation sites (tertiary alicyclic amines) is 1. The number of nitrogens with one attached hydrogen (secondary N) is 3. The fraction of sp³-hybridized carbons (Fsp3) is 0.385. The number of ether oxygens (including phenoxy) is 2. The maximum absolute atomic E-state index is 12.9. The molecule has 0 aliphatic carbocycles. The standard InChI is InChI=1S/C26H30ClN5O3/c1-32-13-4-3-6-16(32)15-35-21-14-28-11-9-17(21)23-24(22-19(30-23)10-12-29-26(22)33)31-20-8-5-7-18(27)25(20)34-2/h5,7-9,11,14,16,30-31H,3-4,6,10,12-13,15H2,1-2H3,(H,29,33). The maximum Gasteiger partial charge on any atom is 0.255 e. The number of methoxy groups -OCH3 is 1. The first-order chi connectivity index (χ1) is 17.1. The van der Waals surface area contributed by atoms with Crippen molar-refractivity contribution in [1.82, 2.24) is 20.2 Å². The summed E-state index contributed by atoms with van der Waals surface area (Å²) in [6, 6.07) is 7.76. The molecule has 2 aromatic heterocycles. The van der Waals surface area contributed by atoms with Gasteiger partial charge in [0.1, 0.15) is 12.4 Å². The molecule has 1 aromatic carbocycles. The smallest absolute Gasteiger partial charge is 0.255 e. The van der Waals surface area contributed by atoms with Gasteiger partial charge in [0.25, 0.3) is 5.91 Å². The van der Waals surface area contributed by atoms with Gasteiger partial charge in [-0.25, -0.2) is 0 Å². The van der Waals surface area contributed by atoms with E-state index < -0.39 is 0 Å². The molecular formula is C26H30ClN5O3. The SMILES string of the molecule is COc1c(Cl)cccc1Nc1c(-c2ccncc2OCC2CCCCN2C)[nH]c2c1C(=O)NCC2. The van der Waals surface area contributed by atoms with Crippen molar-refractivity contribution >= 4 is 28.9 Å². The fourth-order valence-electron chi connectivity index (χ4n) is 4.90. The van der Waals surface area contributed by atoms with E-state index in [1.165, 1.54) is 12.8 Å². The number of piperidine rings is 1. The third-order valence-electron chi connectivity index (χ3n) is 6.80. The van der Waals surface area contributed by atoms with Crippen LogP contribution in [-0.4, -0.2) is 60.7 Å². The molecule has 9 heteroatoms. The summed E-state index contributed by atoms with van der Waals surface area (Å²) in [6.07, 6.45) is 7.73. The topological polar surface area (TPSA) is 91.5 Å². The minimum Gasteiger partial charge on any atom is -0.493 e. The lowest BCUT2D eigenvalue weighted by molar-refractivity contribution is 0.0947. The Kier molecular flexibility index (Phi) is 6.83. The quantitative estimate of drug-likeness (QED) is 0.442. The average Bonchev–Trinajstić information content (AvgIpc) is 3.23. The molecule has 3 aromatic rings. The second kappa shape index (κ2) is 10.2. The first-order valence-corrected chi connectivity index (χ1v) is 12.3. The summed E-state index contributed by atoms with van der Waals surface area (Å²) in [4.78, 5) is 23.1. The zero-order valence-corrected chi connectivity index (χ0v) is 20.7. The predicted octanol–water partition coefficient (Wildman–Crippen LogP) is 4.63. The third kappa shape index (κ3) is 4.68. The number of benzene rings is 1. The van der Waals surface area contributed by atoms with E-state index >= 15 is 0 Å². The van der Waals surface area contributed by atoms with Crippen molar-refractivity contribution in [2.24, 2.45) is 0 Å². The molecule has 2 aliphatic rings. The van der Waals surface area contributed by atoms with Crippen molar-refractivity contribution in [3.8, 4) is 22.8 Å². The largest absolute Gasteiger partial charge is 0.493 e. The van der Waals surface area contributed by atoms with Gasteiger partial charge in [0, 0.05) is 36.5 Å². The van der Waals surface area contributed by atoms with Crippen LogP contribution in [0.4, 0.5) is 11.4 Å². The first kappa shape index (κ1) is 23.5. The van der Waals surface area contributed by atoms with Crippen LogP contribution in [0.3, 0.4) is 0 Å². The number of aromatic nitrogens is 2. The summed E-state index contributed by atoms with van der Waals surface area (Å²) in [6.45, 7) is 2.25. The highest BCUT2D eigenvalue weighted by molar-refractivity contribution is 6.32. The van der Waals surface area contributed by atoms with Crippen molar-refractivity contribution in [2.45, 2.75) is 31.7 Å². The zero-order valence-electron chi connectivity index (χ0n) is 20.0. The number of carbonyl (C=O) groups excluding carboxylic acids is 1. The number of aromatic amines is 1. The first-order valence-electron chi connectivity index (χ1n) is 12.0. The van der Waals surface area contributed by atoms with Crippen LogP contribution in [0.15, 0.2) is 36.7 Å². The highest BCUT2D eigenvalue weighted by Gasteiger charge is 2.29. The maximum atomic E-state index is 12.9. The number of H-pyrrole nitrogens is 1. The molecule has 0 spiro atoms. The fourth-order valence-corrected chi connectivity index (χ4v) is 5.15. The van der Waals surface area contributed by atoms with Gasteiger partial charge in [0.05, 0.1) is 41.0 Å². The van der Waals surface area contributed by atoms with Crippen LogP contribution in [-0.2, 0) is 6.42 Å². The lowest BCUT2D eigenvalue weighted by Gasteiger charge is -2.32. The minimum absolute atomic E-state index is 0.127. The predicted molar refractivity (Wildman–Crippen MR) is 137 cm³/mol. The second-order valence-corrected chi connectivity index (χ2v) is 9.40. The molecule has 1 unspecified atom stereocenters. The molecule has 8 nitrogen and oxygen atoms in total. The monoisotopic (exact) mass is 495 g/mol. The normalized spacial score (nSPS) is 18.0. The van der Waals surface area contributed by atoms with Gasteiger partial charge in [-0.05, 0) is 44.6 Å². The minimum atomic E-state index is -0.127. The Labute approximate surface area is 210 Å². The summed E-state index contributed by atoms with van der Waals surface area (Å²) in [7, 11) is 3.72. The number of amides is 1. The molecule has 4 heterocycles. The lowest BCUT2D eigenvalue weighted by Crippen LogP contribution is -2.40. The molecule has 0 radical (unpaired) electrons. The molecule has 5 rings (SSSR count). The number of para-hydroxylation sites is 1. The van der Waals surface area contributed by atoms with Gasteiger partial charge in [-0.15, -0.1) is 0 Å². The highest BCUT2D eigenvalue weighted by Crippen LogP contribution is 2.42. The molecule has 1 atom stereocenters. The second-order valence-electron chi connectivity index (χ2n) is 8.99. The summed E-state index contributed by atoms with van der Waals surface area (Å²) >= 11 is 6.37. The number of nitrogens with zero attached hydrogens (tertiary/aromatic N) is 2. The summed E-state index contributed by atoms with van der Waals surface area (Å²) in [5.41, 5.74) is 4.39. The van der Waals surface area contributed by atoms with Gasteiger partial charge < -0.3 is 30.0 Å². The van der Waals surface area contributed by atoms with E-state index in [9.17, 15) is 4.79 Å². The van der Waals surface area contributed by atoms with E-state index in [1.807, 2.05) is 18.2 Å². The van der Waals surface area contributed by atoms with Crippen LogP contribution >= 0.6 is 11.6 Å². The number of hydrogen-bond donors (Lipinski definition) is 3. The van der Waals surface area contributed by atoms with Crippen molar-refractivity contribution in [3.05, 3.63) is 52.9 Å². The highest BCUT2D eigenvalue weighted by atomic mass is 35.5. The van der Waals surface area contributed by atoms with E-state index in [2.05, 4.69) is 32.5 Å². The molecular weight excluding hydrogens is 466 g/mol. The Balaban J connectivity index is 1.55. The molecule has 1 amide bonds. The van der Waals surface area contributed by atoms with Gasteiger partial charge >= 0.3 is 0 Å². The molecule has 0 saturated carbocycles. The van der Waals surface area contributed by atoms with Crippen LogP contribution in [0.25, 0.3) is 11.3 Å². The molecule has 35 heavy (non-hydrogen) atoms. The van der Waals surface area contributed by atoms with Crippen molar-refractivity contribution in [1.29, 1.82) is 0 Å². The van der Waals surface area contributed by atoms with Crippen LogP contribution in [0.2, 0.25) is 5.02 Å². The Morgan fingerprint density at radius 2 is 2.17 bits per heavy atom. The number of likely N-dealkylation sites (N-methyl/N-ethyl adjacent to an activating group) is 1. The molecule has 1 saturated heterocycles. The Morgan fingerprint density at radius 1 is 1.29 bits per heavy atom. The Morgan fingerprint density at radius 3 is 3.00 bits per heavy atom. The number of halogens is 1. The van der Waals surface area contributed by atoms with Crippen LogP contribution < -0.4 is 20.1 Å². The molecule has 2 aliphatic heterocycles. The number of rotatable bonds is 7. The van der Waals surface area contributed by atoms with Crippen LogP contribution in [0.5, 0.6) is 11.5 Å². The van der Waals surface area contributed by atoms with Crippen molar-refractivity contribution < 1.29 is 14.3 Å². The summed E-state index contributed by atoms with van der Waals surface area (Å²) in [5, 5.41) is 6.86. The molecule has 1 fully saturated rings. The van der Waals surface area contributed by atoms with Crippen molar-refractivity contribution in [3.63, 3.8) is 0 Å². The molecule has 184 valence electrons. The van der Waals surface area contributed by atoms with Crippen molar-refractivity contribution in [2.75, 3.05) is 39.2 Å². The summed E-state index contributed by atoms with van der Waals surface area (Å²) < 4.78 is 11.9. The number of hydrogen-bond acceptors (Lipinski definition) is 6. The molecule has 3 N–H and O–H groups in total. The third-order valence-corrected chi connectivity index (χ3v) is 7.10. The number of anilines is 2. The van der Waals surface area contributed by atoms with Crippen LogP contribution in [0, 0.1) is 0 Å². The lowest BCUT2D eigenvalue weighted by atomic mass is 10.0. The van der Waals surface area contributed by atoms with E-state index in [0.29, 0.717) is 59.1 Å². The molecule has 0 bridgehead atoms. The van der Waals surface area contributed by atoms with E-state index in [4.69, 9.17) is 21.1 Å². The zero-order chi connectivity index (χ0) is 24.4.